The molecule has 2 unspecified atom stereocenters. The predicted molar refractivity (Wildman–Crippen MR) is 63.2 cm³/mol. The highest BCUT2D eigenvalue weighted by Crippen LogP contribution is 2.00. The van der Waals surface area contributed by atoms with E-state index in [1.807, 2.05) is 0 Å². The van der Waals surface area contributed by atoms with Crippen molar-refractivity contribution in [2.75, 3.05) is 24.6 Å². The number of amides is 2. The fraction of sp³-hybridized carbons (Fsp3) is 0.778. The van der Waals surface area contributed by atoms with E-state index in [0.29, 0.717) is 11.5 Å². The van der Waals surface area contributed by atoms with Gasteiger partial charge in [-0.25, -0.2) is 9.59 Å². The summed E-state index contributed by atoms with van der Waals surface area (Å²) in [6.45, 7) is 2.70. The standard InChI is InChI=1S/C9H18N2O5S/c1-3-17(16)5-4-10-8(14)11-6-9(2,15)7(12)13/h15H,3-6H2,1-2H3,(H,12,13)(H2,10,11,14). The molecule has 2 atom stereocenters. The molecule has 0 fully saturated rings. The summed E-state index contributed by atoms with van der Waals surface area (Å²) in [5.74, 6) is -0.541. The maximum absolute atomic E-state index is 11.2. The molecule has 0 rings (SSSR count). The molecule has 7 nitrogen and oxygen atoms in total. The van der Waals surface area contributed by atoms with E-state index < -0.39 is 34.9 Å². The number of hydrogen-bond donors (Lipinski definition) is 4. The third-order valence-electron chi connectivity index (χ3n) is 1.99. The average Bonchev–Trinajstić information content (AvgIpc) is 2.26. The fourth-order valence-electron chi connectivity index (χ4n) is 0.813. The molecule has 0 saturated carbocycles. The number of carboxylic acid groups (broad SMARTS) is 1. The number of carboxylic acids is 1. The van der Waals surface area contributed by atoms with E-state index in [1.54, 1.807) is 6.92 Å². The molecular weight excluding hydrogens is 248 g/mol. The van der Waals surface area contributed by atoms with Gasteiger partial charge in [0, 0.05) is 28.9 Å². The third-order valence-corrected chi connectivity index (χ3v) is 3.29. The van der Waals surface area contributed by atoms with Gasteiger partial charge in [0.05, 0.1) is 6.54 Å². The monoisotopic (exact) mass is 266 g/mol. The van der Waals surface area contributed by atoms with Crippen molar-refractivity contribution in [3.05, 3.63) is 0 Å². The summed E-state index contributed by atoms with van der Waals surface area (Å²) in [5, 5.41) is 22.5. The number of rotatable bonds is 7. The van der Waals surface area contributed by atoms with Gasteiger partial charge in [-0.15, -0.1) is 0 Å². The Morgan fingerprint density at radius 3 is 2.41 bits per heavy atom. The molecule has 8 heteroatoms. The lowest BCUT2D eigenvalue weighted by Gasteiger charge is -2.18. The van der Waals surface area contributed by atoms with Crippen molar-refractivity contribution in [1.82, 2.24) is 10.6 Å². The summed E-state index contributed by atoms with van der Waals surface area (Å²) in [5.41, 5.74) is -2.00. The van der Waals surface area contributed by atoms with Crippen LogP contribution >= 0.6 is 0 Å². The summed E-state index contributed by atoms with van der Waals surface area (Å²) in [4.78, 5) is 21.7. The molecule has 17 heavy (non-hydrogen) atoms. The van der Waals surface area contributed by atoms with Crippen LogP contribution < -0.4 is 10.6 Å². The van der Waals surface area contributed by atoms with E-state index >= 15 is 0 Å². The Morgan fingerprint density at radius 1 is 1.35 bits per heavy atom. The van der Waals surface area contributed by atoms with Gasteiger partial charge in [-0.3, -0.25) is 4.21 Å². The van der Waals surface area contributed by atoms with Crippen molar-refractivity contribution < 1.29 is 24.0 Å². The Labute approximate surface area is 102 Å². The average molecular weight is 266 g/mol. The van der Waals surface area contributed by atoms with Crippen molar-refractivity contribution in [3.8, 4) is 0 Å². The summed E-state index contributed by atoms with van der Waals surface area (Å²) >= 11 is 0. The van der Waals surface area contributed by atoms with E-state index in [0.717, 1.165) is 6.92 Å². The lowest BCUT2D eigenvalue weighted by atomic mass is 10.1. The van der Waals surface area contributed by atoms with Crippen LogP contribution in [0.15, 0.2) is 0 Å². The molecule has 0 aliphatic carbocycles. The van der Waals surface area contributed by atoms with Gasteiger partial charge in [0.15, 0.2) is 5.60 Å². The molecule has 0 bridgehead atoms. The van der Waals surface area contributed by atoms with E-state index in [2.05, 4.69) is 10.6 Å². The van der Waals surface area contributed by atoms with Gasteiger partial charge in [0.25, 0.3) is 0 Å². The largest absolute Gasteiger partial charge is 0.479 e. The number of urea groups is 1. The maximum atomic E-state index is 11.2. The number of carbonyl (C=O) groups is 2. The molecule has 2 amide bonds. The summed E-state index contributed by atoms with van der Waals surface area (Å²) in [7, 11) is -0.958. The normalized spacial score (nSPS) is 15.7. The van der Waals surface area contributed by atoms with Gasteiger partial charge in [-0.2, -0.15) is 0 Å². The van der Waals surface area contributed by atoms with Crippen molar-refractivity contribution in [2.45, 2.75) is 19.4 Å². The molecule has 0 aromatic rings. The molecule has 0 spiro atoms. The van der Waals surface area contributed by atoms with Crippen LogP contribution in [0, 0.1) is 0 Å². The second-order valence-corrected chi connectivity index (χ2v) is 5.49. The zero-order valence-electron chi connectivity index (χ0n) is 9.86. The molecule has 0 heterocycles. The lowest BCUT2D eigenvalue weighted by molar-refractivity contribution is -0.155. The highest BCUT2D eigenvalue weighted by molar-refractivity contribution is 7.84. The first-order valence-electron chi connectivity index (χ1n) is 5.12. The zero-order chi connectivity index (χ0) is 13.5. The van der Waals surface area contributed by atoms with Crippen molar-refractivity contribution in [3.63, 3.8) is 0 Å². The maximum Gasteiger partial charge on any atom is 0.337 e. The summed E-state index contributed by atoms with van der Waals surface area (Å²) in [6, 6.07) is -0.598. The molecule has 0 saturated heterocycles. The molecule has 0 aliphatic rings. The predicted octanol–water partition coefficient (Wildman–Crippen LogP) is -1.11. The van der Waals surface area contributed by atoms with Gasteiger partial charge in [0.2, 0.25) is 0 Å². The molecule has 100 valence electrons. The smallest absolute Gasteiger partial charge is 0.337 e. The van der Waals surface area contributed by atoms with Crippen LogP contribution in [0.4, 0.5) is 4.79 Å². The molecule has 0 aliphatic heterocycles. The van der Waals surface area contributed by atoms with Crippen LogP contribution in [-0.2, 0) is 15.6 Å². The summed E-state index contributed by atoms with van der Waals surface area (Å²) < 4.78 is 11.0. The van der Waals surface area contributed by atoms with Crippen LogP contribution in [0.2, 0.25) is 0 Å². The number of aliphatic hydroxyl groups is 1. The minimum Gasteiger partial charge on any atom is -0.479 e. The minimum atomic E-state index is -2.00. The lowest BCUT2D eigenvalue weighted by Crippen LogP contribution is -2.49. The van der Waals surface area contributed by atoms with Gasteiger partial charge >= 0.3 is 12.0 Å². The Hall–Kier alpha value is -1.15. The first kappa shape index (κ1) is 15.9. The second-order valence-electron chi connectivity index (χ2n) is 3.62. The van der Waals surface area contributed by atoms with E-state index in [-0.39, 0.29) is 6.54 Å². The quantitative estimate of drug-likeness (QED) is 0.466. The first-order chi connectivity index (χ1) is 7.79. The van der Waals surface area contributed by atoms with Crippen LogP contribution in [0.5, 0.6) is 0 Å². The Kier molecular flexibility index (Phi) is 6.74. The highest BCUT2D eigenvalue weighted by Gasteiger charge is 2.30. The van der Waals surface area contributed by atoms with E-state index in [9.17, 15) is 18.9 Å². The minimum absolute atomic E-state index is 0.238. The SMILES string of the molecule is CCS(=O)CCNC(=O)NCC(C)(O)C(=O)O. The molecule has 0 aromatic carbocycles. The second kappa shape index (κ2) is 7.23. The molecule has 4 N–H and O–H groups in total. The molecule has 0 radical (unpaired) electrons. The van der Waals surface area contributed by atoms with Crippen LogP contribution in [0.3, 0.4) is 0 Å². The first-order valence-corrected chi connectivity index (χ1v) is 6.61. The van der Waals surface area contributed by atoms with Gasteiger partial charge < -0.3 is 20.8 Å². The van der Waals surface area contributed by atoms with E-state index in [1.165, 1.54) is 0 Å². The Balaban J connectivity index is 3.81. The van der Waals surface area contributed by atoms with Crippen LogP contribution in [-0.4, -0.2) is 56.6 Å². The fourth-order valence-corrected chi connectivity index (χ4v) is 1.43. The van der Waals surface area contributed by atoms with Crippen molar-refractivity contribution in [1.29, 1.82) is 0 Å². The summed E-state index contributed by atoms with van der Waals surface area (Å²) in [6.07, 6.45) is 0. The highest BCUT2D eigenvalue weighted by atomic mass is 32.2. The third kappa shape index (κ3) is 6.90. The van der Waals surface area contributed by atoms with Gasteiger partial charge in [-0.05, 0) is 6.92 Å². The zero-order valence-corrected chi connectivity index (χ0v) is 10.7. The van der Waals surface area contributed by atoms with Crippen LogP contribution in [0.1, 0.15) is 13.8 Å². The number of aliphatic carboxylic acids is 1. The van der Waals surface area contributed by atoms with Crippen LogP contribution in [0.25, 0.3) is 0 Å². The topological polar surface area (TPSA) is 116 Å². The van der Waals surface area contributed by atoms with Gasteiger partial charge in [0.1, 0.15) is 0 Å². The van der Waals surface area contributed by atoms with E-state index in [4.69, 9.17) is 5.11 Å². The molecule has 0 aromatic heterocycles. The Bertz CT molecular complexity index is 306. The Morgan fingerprint density at radius 2 is 1.94 bits per heavy atom. The number of carbonyl (C=O) groups excluding carboxylic acids is 1. The van der Waals surface area contributed by atoms with Crippen molar-refractivity contribution in [2.24, 2.45) is 0 Å². The number of nitrogens with one attached hydrogen (secondary N) is 2. The van der Waals surface area contributed by atoms with Crippen molar-refractivity contribution >= 4 is 22.8 Å². The number of hydrogen-bond acceptors (Lipinski definition) is 4. The van der Waals surface area contributed by atoms with Gasteiger partial charge in [-0.1, -0.05) is 6.92 Å². The molecular formula is C9H18N2O5S.